The van der Waals surface area contributed by atoms with Crippen molar-refractivity contribution in [1.29, 1.82) is 0 Å². The number of esters is 1. The minimum absolute atomic E-state index is 0.273. The van der Waals surface area contributed by atoms with Crippen LogP contribution in [0.3, 0.4) is 0 Å². The van der Waals surface area contributed by atoms with Gasteiger partial charge in [0.15, 0.2) is 0 Å². The smallest absolute Gasteiger partial charge is 0.311 e. The summed E-state index contributed by atoms with van der Waals surface area (Å²) in [7, 11) is 0. The number of aliphatic hydroxyl groups is 2. The van der Waals surface area contributed by atoms with E-state index in [0.717, 1.165) is 0 Å². The lowest BCUT2D eigenvalue weighted by Crippen LogP contribution is -2.28. The molecule has 1 heterocycles. The monoisotopic (exact) mass is 202 g/mol. The van der Waals surface area contributed by atoms with Gasteiger partial charge in [0.1, 0.15) is 6.10 Å². The topological polar surface area (TPSA) is 66.8 Å². The largest absolute Gasteiger partial charge is 0.462 e. The van der Waals surface area contributed by atoms with Crippen LogP contribution in [0.2, 0.25) is 0 Å². The number of carbonyl (C=O) groups is 1. The van der Waals surface area contributed by atoms with Crippen molar-refractivity contribution in [3.63, 3.8) is 0 Å². The zero-order valence-corrected chi connectivity index (χ0v) is 8.64. The molecule has 1 saturated heterocycles. The summed E-state index contributed by atoms with van der Waals surface area (Å²) in [5.74, 6) is -0.873. The van der Waals surface area contributed by atoms with Crippen molar-refractivity contribution in [2.75, 3.05) is 0 Å². The first-order chi connectivity index (χ1) is 6.50. The van der Waals surface area contributed by atoms with Gasteiger partial charge in [-0.25, -0.2) is 0 Å². The van der Waals surface area contributed by atoms with E-state index in [2.05, 4.69) is 0 Å². The zero-order valence-electron chi connectivity index (χ0n) is 8.64. The lowest BCUT2D eigenvalue weighted by Gasteiger charge is -2.17. The second-order valence-corrected chi connectivity index (χ2v) is 4.07. The molecule has 4 heteroatoms. The van der Waals surface area contributed by atoms with Gasteiger partial charge in [0.25, 0.3) is 0 Å². The molecular formula is C10H18O4. The molecule has 1 aliphatic rings. The van der Waals surface area contributed by atoms with E-state index < -0.39 is 18.1 Å². The maximum absolute atomic E-state index is 11.4. The Balaban J connectivity index is 2.65. The summed E-state index contributed by atoms with van der Waals surface area (Å²) in [5.41, 5.74) is 0. The number of hydrogen-bond acceptors (Lipinski definition) is 4. The zero-order chi connectivity index (χ0) is 10.7. The molecule has 0 amide bonds. The van der Waals surface area contributed by atoms with Crippen LogP contribution < -0.4 is 0 Å². The molecule has 0 aromatic carbocycles. The highest BCUT2D eigenvalue weighted by Gasteiger charge is 2.28. The standard InChI is InChI=1S/C10H18O4/c1-6-5-8(11)3-4-9(12)7(2)10(13)14-6/h6-9,11-12H,3-5H2,1-2H3. The van der Waals surface area contributed by atoms with Crippen molar-refractivity contribution >= 4 is 5.97 Å². The van der Waals surface area contributed by atoms with Crippen LogP contribution in [0.1, 0.15) is 33.1 Å². The van der Waals surface area contributed by atoms with Gasteiger partial charge in [0, 0.05) is 6.42 Å². The maximum atomic E-state index is 11.4. The Morgan fingerprint density at radius 2 is 1.93 bits per heavy atom. The Bertz CT molecular complexity index is 204. The molecule has 4 unspecified atom stereocenters. The van der Waals surface area contributed by atoms with Crippen molar-refractivity contribution < 1.29 is 19.7 Å². The Hall–Kier alpha value is -0.610. The number of carbonyl (C=O) groups excluding carboxylic acids is 1. The van der Waals surface area contributed by atoms with Crippen molar-refractivity contribution in [3.8, 4) is 0 Å². The second kappa shape index (κ2) is 4.75. The van der Waals surface area contributed by atoms with Gasteiger partial charge in [0.05, 0.1) is 18.1 Å². The van der Waals surface area contributed by atoms with Gasteiger partial charge in [-0.1, -0.05) is 0 Å². The lowest BCUT2D eigenvalue weighted by molar-refractivity contribution is -0.156. The molecule has 0 radical (unpaired) electrons. The Morgan fingerprint density at radius 3 is 2.57 bits per heavy atom. The molecule has 0 bridgehead atoms. The third-order valence-electron chi connectivity index (χ3n) is 2.67. The van der Waals surface area contributed by atoms with E-state index in [1.165, 1.54) is 0 Å². The van der Waals surface area contributed by atoms with Gasteiger partial charge in [-0.05, 0) is 26.7 Å². The predicted molar refractivity (Wildman–Crippen MR) is 50.6 cm³/mol. The maximum Gasteiger partial charge on any atom is 0.311 e. The molecule has 1 fully saturated rings. The van der Waals surface area contributed by atoms with Crippen LogP contribution in [0.25, 0.3) is 0 Å². The predicted octanol–water partition coefficient (Wildman–Crippen LogP) is 0.460. The molecule has 82 valence electrons. The SMILES string of the molecule is CC1CC(O)CCC(O)C(C)C(=O)O1. The molecule has 4 atom stereocenters. The minimum atomic E-state index is -0.706. The van der Waals surface area contributed by atoms with Crippen LogP contribution in [0.5, 0.6) is 0 Å². The molecule has 4 nitrogen and oxygen atoms in total. The highest BCUT2D eigenvalue weighted by molar-refractivity contribution is 5.72. The summed E-state index contributed by atoms with van der Waals surface area (Å²) >= 11 is 0. The molecule has 0 aliphatic carbocycles. The molecule has 2 N–H and O–H groups in total. The fourth-order valence-electron chi connectivity index (χ4n) is 1.62. The fraction of sp³-hybridized carbons (Fsp3) is 0.900. The van der Waals surface area contributed by atoms with E-state index in [4.69, 9.17) is 4.74 Å². The average Bonchev–Trinajstić information content (AvgIpc) is 2.14. The van der Waals surface area contributed by atoms with Gasteiger partial charge in [-0.15, -0.1) is 0 Å². The van der Waals surface area contributed by atoms with Crippen molar-refractivity contribution in [1.82, 2.24) is 0 Å². The third-order valence-corrected chi connectivity index (χ3v) is 2.67. The van der Waals surface area contributed by atoms with E-state index in [0.29, 0.717) is 19.3 Å². The minimum Gasteiger partial charge on any atom is -0.462 e. The first-order valence-corrected chi connectivity index (χ1v) is 5.07. The van der Waals surface area contributed by atoms with Crippen LogP contribution in [-0.4, -0.2) is 34.5 Å². The van der Waals surface area contributed by atoms with Crippen LogP contribution in [0.4, 0.5) is 0 Å². The van der Waals surface area contributed by atoms with E-state index in [-0.39, 0.29) is 12.1 Å². The van der Waals surface area contributed by atoms with Crippen molar-refractivity contribution in [3.05, 3.63) is 0 Å². The quantitative estimate of drug-likeness (QED) is 0.560. The summed E-state index contributed by atoms with van der Waals surface area (Å²) in [6, 6.07) is 0. The summed E-state index contributed by atoms with van der Waals surface area (Å²) in [6.45, 7) is 3.41. The number of rotatable bonds is 0. The summed E-state index contributed by atoms with van der Waals surface area (Å²) in [4.78, 5) is 11.4. The summed E-state index contributed by atoms with van der Waals surface area (Å²) in [5, 5.41) is 19.1. The Kier molecular flexibility index (Phi) is 3.89. The number of hydrogen-bond donors (Lipinski definition) is 2. The molecular weight excluding hydrogens is 184 g/mol. The van der Waals surface area contributed by atoms with Gasteiger partial charge in [-0.2, -0.15) is 0 Å². The van der Waals surface area contributed by atoms with Gasteiger partial charge in [0.2, 0.25) is 0 Å². The van der Waals surface area contributed by atoms with E-state index in [1.54, 1.807) is 13.8 Å². The average molecular weight is 202 g/mol. The van der Waals surface area contributed by atoms with Crippen molar-refractivity contribution in [2.24, 2.45) is 5.92 Å². The highest BCUT2D eigenvalue weighted by atomic mass is 16.5. The fourth-order valence-corrected chi connectivity index (χ4v) is 1.62. The number of aliphatic hydroxyl groups excluding tert-OH is 2. The molecule has 0 aromatic rings. The third kappa shape index (κ3) is 2.96. The molecule has 1 aliphatic heterocycles. The van der Waals surface area contributed by atoms with Crippen LogP contribution in [0, 0.1) is 5.92 Å². The van der Waals surface area contributed by atoms with Gasteiger partial charge < -0.3 is 14.9 Å². The summed E-state index contributed by atoms with van der Waals surface area (Å²) in [6.07, 6.45) is -0.0487. The first kappa shape index (κ1) is 11.5. The second-order valence-electron chi connectivity index (χ2n) is 4.07. The van der Waals surface area contributed by atoms with E-state index in [1.807, 2.05) is 0 Å². The number of cyclic esters (lactones) is 1. The summed E-state index contributed by atoms with van der Waals surface area (Å²) < 4.78 is 5.07. The molecule has 0 saturated carbocycles. The normalized spacial score (nSPS) is 40.7. The Morgan fingerprint density at radius 1 is 1.29 bits per heavy atom. The molecule has 14 heavy (non-hydrogen) atoms. The lowest BCUT2D eigenvalue weighted by atomic mass is 9.99. The molecule has 1 rings (SSSR count). The van der Waals surface area contributed by atoms with E-state index in [9.17, 15) is 15.0 Å². The highest BCUT2D eigenvalue weighted by Crippen LogP contribution is 2.19. The van der Waals surface area contributed by atoms with Gasteiger partial charge >= 0.3 is 5.97 Å². The van der Waals surface area contributed by atoms with Crippen LogP contribution in [0.15, 0.2) is 0 Å². The number of ether oxygens (including phenoxy) is 1. The molecule has 0 aromatic heterocycles. The van der Waals surface area contributed by atoms with Crippen LogP contribution in [-0.2, 0) is 9.53 Å². The first-order valence-electron chi connectivity index (χ1n) is 5.07. The van der Waals surface area contributed by atoms with E-state index >= 15 is 0 Å². The molecule has 0 spiro atoms. The van der Waals surface area contributed by atoms with Crippen LogP contribution >= 0.6 is 0 Å². The van der Waals surface area contributed by atoms with Gasteiger partial charge in [-0.3, -0.25) is 4.79 Å². The van der Waals surface area contributed by atoms with Crippen molar-refractivity contribution in [2.45, 2.75) is 51.4 Å². The Labute approximate surface area is 83.9 Å².